The van der Waals surface area contributed by atoms with E-state index in [1.165, 1.54) is 19.2 Å². The molecule has 0 radical (unpaired) electrons. The molecule has 0 aliphatic carbocycles. The lowest BCUT2D eigenvalue weighted by Gasteiger charge is -2.16. The molecule has 0 unspecified atom stereocenters. The van der Waals surface area contributed by atoms with Gasteiger partial charge in [-0.25, -0.2) is 5.10 Å². The van der Waals surface area contributed by atoms with Crippen LogP contribution in [0.25, 0.3) is 0 Å². The van der Waals surface area contributed by atoms with Gasteiger partial charge in [0.1, 0.15) is 11.8 Å². The van der Waals surface area contributed by atoms with E-state index in [1.54, 1.807) is 17.0 Å². The Labute approximate surface area is 131 Å². The minimum absolute atomic E-state index is 0.163. The first kappa shape index (κ1) is 14.9. The molecule has 23 heavy (non-hydrogen) atoms. The van der Waals surface area contributed by atoms with Crippen molar-refractivity contribution < 1.29 is 14.3 Å². The number of aromatic amines is 1. The molecule has 1 N–H and O–H groups in total. The third kappa shape index (κ3) is 3.44. The molecule has 0 spiro atoms. The third-order valence-corrected chi connectivity index (χ3v) is 3.44. The molecular weight excluding hydrogens is 302 g/mol. The van der Waals surface area contributed by atoms with Gasteiger partial charge in [0.25, 0.3) is 11.5 Å². The van der Waals surface area contributed by atoms with Gasteiger partial charge in [-0.15, -0.1) is 10.2 Å². The molecule has 1 aliphatic rings. The highest BCUT2D eigenvalue weighted by molar-refractivity contribution is 5.92. The van der Waals surface area contributed by atoms with Gasteiger partial charge in [-0.2, -0.15) is 5.10 Å². The summed E-state index contributed by atoms with van der Waals surface area (Å²) in [7, 11) is 1.51. The fourth-order valence-corrected chi connectivity index (χ4v) is 2.28. The van der Waals surface area contributed by atoms with Crippen molar-refractivity contribution in [3.8, 4) is 11.8 Å². The van der Waals surface area contributed by atoms with Crippen LogP contribution in [0.15, 0.2) is 29.1 Å². The predicted octanol–water partition coefficient (Wildman–Crippen LogP) is -0.138. The minimum Gasteiger partial charge on any atom is -0.480 e. The molecule has 0 saturated carbocycles. The fraction of sp³-hybridized carbons (Fsp3) is 0.357. The highest BCUT2D eigenvalue weighted by Gasteiger charge is 2.29. The second-order valence-electron chi connectivity index (χ2n) is 5.00. The van der Waals surface area contributed by atoms with Crippen molar-refractivity contribution in [2.45, 2.75) is 12.5 Å². The number of methoxy groups -OCH3 is 1. The number of amides is 1. The highest BCUT2D eigenvalue weighted by atomic mass is 16.5. The van der Waals surface area contributed by atoms with Crippen molar-refractivity contribution in [2.75, 3.05) is 20.2 Å². The Morgan fingerprint density at radius 2 is 2.04 bits per heavy atom. The van der Waals surface area contributed by atoms with Gasteiger partial charge in [-0.1, -0.05) is 0 Å². The van der Waals surface area contributed by atoms with Crippen molar-refractivity contribution >= 4 is 5.91 Å². The van der Waals surface area contributed by atoms with E-state index in [-0.39, 0.29) is 23.3 Å². The molecule has 1 aliphatic heterocycles. The molecule has 1 saturated heterocycles. The van der Waals surface area contributed by atoms with Gasteiger partial charge in [0, 0.05) is 31.2 Å². The Balaban J connectivity index is 1.60. The van der Waals surface area contributed by atoms with E-state index in [0.29, 0.717) is 31.3 Å². The maximum absolute atomic E-state index is 12.3. The molecule has 3 rings (SSSR count). The van der Waals surface area contributed by atoms with Crippen molar-refractivity contribution in [1.29, 1.82) is 0 Å². The minimum atomic E-state index is -0.345. The first-order valence-corrected chi connectivity index (χ1v) is 7.05. The number of ether oxygens (including phenoxy) is 2. The number of nitrogens with one attached hydrogen (secondary N) is 1. The Hall–Kier alpha value is -2.97. The summed E-state index contributed by atoms with van der Waals surface area (Å²) in [4.78, 5) is 24.9. The molecule has 2 aromatic heterocycles. The van der Waals surface area contributed by atoms with Crippen molar-refractivity contribution in [3.63, 3.8) is 0 Å². The maximum atomic E-state index is 12.3. The number of aromatic nitrogens is 4. The third-order valence-electron chi connectivity index (χ3n) is 3.44. The van der Waals surface area contributed by atoms with Crippen LogP contribution in [-0.4, -0.2) is 57.5 Å². The number of carbonyl (C=O) groups is 1. The molecule has 1 amide bonds. The largest absolute Gasteiger partial charge is 0.480 e. The molecule has 0 aromatic carbocycles. The van der Waals surface area contributed by atoms with Crippen LogP contribution >= 0.6 is 0 Å². The van der Waals surface area contributed by atoms with Crippen LogP contribution < -0.4 is 15.0 Å². The molecule has 1 fully saturated rings. The average Bonchev–Trinajstić information content (AvgIpc) is 3.04. The Morgan fingerprint density at radius 3 is 2.70 bits per heavy atom. The normalized spacial score (nSPS) is 17.1. The van der Waals surface area contributed by atoms with E-state index in [0.717, 1.165) is 0 Å². The van der Waals surface area contributed by atoms with Crippen LogP contribution in [0.3, 0.4) is 0 Å². The summed E-state index contributed by atoms with van der Waals surface area (Å²) in [5.74, 6) is 0.546. The number of carbonyl (C=O) groups excluding carboxylic acids is 1. The smallest absolute Gasteiger partial charge is 0.274 e. The van der Waals surface area contributed by atoms with Crippen LogP contribution in [0.1, 0.15) is 16.9 Å². The van der Waals surface area contributed by atoms with E-state index in [4.69, 9.17) is 9.47 Å². The van der Waals surface area contributed by atoms with Gasteiger partial charge in [-0.3, -0.25) is 9.59 Å². The second-order valence-corrected chi connectivity index (χ2v) is 5.00. The summed E-state index contributed by atoms with van der Waals surface area (Å²) in [5.41, 5.74) is -0.142. The molecule has 9 heteroatoms. The molecule has 0 bridgehead atoms. The molecule has 120 valence electrons. The van der Waals surface area contributed by atoms with Crippen LogP contribution in [0.4, 0.5) is 0 Å². The summed E-state index contributed by atoms with van der Waals surface area (Å²) in [6.07, 6.45) is 0.521. The maximum Gasteiger partial charge on any atom is 0.274 e. The van der Waals surface area contributed by atoms with Crippen LogP contribution in [0.2, 0.25) is 0 Å². The van der Waals surface area contributed by atoms with E-state index in [2.05, 4.69) is 20.4 Å². The zero-order chi connectivity index (χ0) is 16.2. The van der Waals surface area contributed by atoms with Gasteiger partial charge < -0.3 is 14.4 Å². The number of likely N-dealkylation sites (tertiary alicyclic amines) is 1. The first-order chi connectivity index (χ1) is 11.2. The Kier molecular flexibility index (Phi) is 4.18. The number of hydrogen-bond donors (Lipinski definition) is 1. The van der Waals surface area contributed by atoms with E-state index in [1.807, 2.05) is 0 Å². The number of hydrogen-bond acceptors (Lipinski definition) is 7. The van der Waals surface area contributed by atoms with Gasteiger partial charge in [0.15, 0.2) is 0 Å². The quantitative estimate of drug-likeness (QED) is 0.835. The monoisotopic (exact) mass is 317 g/mol. The standard InChI is InChI=1S/C14H15N5O4/c1-22-12-4-5-13(18-17-12)23-9-6-7-19(8-9)14(21)10-2-3-11(20)16-15-10/h2-5,9H,6-8H2,1H3,(H,16,20)/t9-/m1/s1. The zero-order valence-corrected chi connectivity index (χ0v) is 12.4. The van der Waals surface area contributed by atoms with Crippen molar-refractivity contribution in [1.82, 2.24) is 25.3 Å². The zero-order valence-electron chi connectivity index (χ0n) is 12.4. The van der Waals surface area contributed by atoms with Crippen LogP contribution in [0, 0.1) is 0 Å². The van der Waals surface area contributed by atoms with Crippen LogP contribution in [-0.2, 0) is 0 Å². The first-order valence-electron chi connectivity index (χ1n) is 7.05. The number of nitrogens with zero attached hydrogens (tertiary/aromatic N) is 4. The van der Waals surface area contributed by atoms with E-state index >= 15 is 0 Å². The summed E-state index contributed by atoms with van der Waals surface area (Å²) in [6, 6.07) is 6.01. The lowest BCUT2D eigenvalue weighted by molar-refractivity contribution is 0.0764. The summed E-state index contributed by atoms with van der Waals surface area (Å²) in [5, 5.41) is 13.7. The lowest BCUT2D eigenvalue weighted by Crippen LogP contribution is -2.32. The number of H-pyrrole nitrogens is 1. The van der Waals surface area contributed by atoms with Gasteiger partial charge in [0.2, 0.25) is 11.8 Å². The average molecular weight is 317 g/mol. The fourth-order valence-electron chi connectivity index (χ4n) is 2.28. The topological polar surface area (TPSA) is 110 Å². The van der Waals surface area contributed by atoms with Crippen LogP contribution in [0.5, 0.6) is 11.8 Å². The molecular formula is C14H15N5O4. The highest BCUT2D eigenvalue weighted by Crippen LogP contribution is 2.18. The van der Waals surface area contributed by atoms with Gasteiger partial charge in [0.05, 0.1) is 13.7 Å². The number of rotatable bonds is 4. The Bertz CT molecular complexity index is 725. The van der Waals surface area contributed by atoms with Crippen molar-refractivity contribution in [3.05, 3.63) is 40.3 Å². The SMILES string of the molecule is COc1ccc(O[C@@H]2CCN(C(=O)c3ccc(=O)[nH]n3)C2)nn1. The summed E-state index contributed by atoms with van der Waals surface area (Å²) in [6.45, 7) is 0.973. The second kappa shape index (κ2) is 6.42. The Morgan fingerprint density at radius 1 is 1.26 bits per heavy atom. The summed E-state index contributed by atoms with van der Waals surface area (Å²) >= 11 is 0. The molecule has 3 heterocycles. The molecule has 2 aromatic rings. The lowest BCUT2D eigenvalue weighted by atomic mass is 10.3. The predicted molar refractivity (Wildman–Crippen MR) is 78.4 cm³/mol. The molecule has 1 atom stereocenters. The van der Waals surface area contributed by atoms with E-state index < -0.39 is 0 Å². The van der Waals surface area contributed by atoms with E-state index in [9.17, 15) is 9.59 Å². The van der Waals surface area contributed by atoms with Gasteiger partial charge in [-0.05, 0) is 6.07 Å². The van der Waals surface area contributed by atoms with Crippen molar-refractivity contribution in [2.24, 2.45) is 0 Å². The van der Waals surface area contributed by atoms with Gasteiger partial charge >= 0.3 is 0 Å². The summed E-state index contributed by atoms with van der Waals surface area (Å²) < 4.78 is 10.6. The molecule has 9 nitrogen and oxygen atoms in total.